The number of likely N-dealkylation sites (tertiary alicyclic amines) is 1. The van der Waals surface area contributed by atoms with Gasteiger partial charge in [-0.15, -0.1) is 0 Å². The number of para-hydroxylation sites is 1. The van der Waals surface area contributed by atoms with E-state index in [1.54, 1.807) is 6.08 Å². The van der Waals surface area contributed by atoms with Crippen LogP contribution in [-0.4, -0.2) is 29.9 Å². The van der Waals surface area contributed by atoms with Crippen LogP contribution in [0.2, 0.25) is 0 Å². The molecule has 0 unspecified atom stereocenters. The molecule has 0 spiro atoms. The first kappa shape index (κ1) is 20.5. The van der Waals surface area contributed by atoms with Crippen molar-refractivity contribution in [3.05, 3.63) is 71.6 Å². The van der Waals surface area contributed by atoms with Crippen LogP contribution in [0, 0.1) is 0 Å². The lowest BCUT2D eigenvalue weighted by molar-refractivity contribution is -0.116. The Hall–Kier alpha value is -3.19. The molecule has 29 heavy (non-hydrogen) atoms. The van der Waals surface area contributed by atoms with E-state index >= 15 is 0 Å². The molecule has 2 aromatic carbocycles. The fourth-order valence-electron chi connectivity index (χ4n) is 3.43. The monoisotopic (exact) mass is 394 g/mol. The van der Waals surface area contributed by atoms with Crippen LogP contribution in [0.15, 0.2) is 60.4 Å². The molecule has 1 saturated heterocycles. The molecule has 7 nitrogen and oxygen atoms in total. The number of piperidine rings is 1. The van der Waals surface area contributed by atoms with Crippen molar-refractivity contribution in [1.82, 2.24) is 15.5 Å². The Morgan fingerprint density at radius 3 is 2.69 bits per heavy atom. The number of benzene rings is 2. The van der Waals surface area contributed by atoms with Gasteiger partial charge in [-0.2, -0.15) is 0 Å². The Balaban J connectivity index is 1.68. The summed E-state index contributed by atoms with van der Waals surface area (Å²) in [6.07, 6.45) is 3.60. The molecule has 0 radical (unpaired) electrons. The van der Waals surface area contributed by atoms with E-state index in [0.717, 1.165) is 42.0 Å². The van der Waals surface area contributed by atoms with E-state index in [1.165, 1.54) is 0 Å². The molecule has 0 aliphatic carbocycles. The van der Waals surface area contributed by atoms with E-state index in [0.29, 0.717) is 25.3 Å². The summed E-state index contributed by atoms with van der Waals surface area (Å²) >= 11 is 0. The molecule has 8 N–H and O–H groups in total. The Kier molecular flexibility index (Phi) is 6.97. The third-order valence-corrected chi connectivity index (χ3v) is 5.00. The van der Waals surface area contributed by atoms with E-state index in [9.17, 15) is 4.79 Å². The average Bonchev–Trinajstić information content (AvgIpc) is 2.71. The van der Waals surface area contributed by atoms with Crippen LogP contribution in [0.25, 0.3) is 0 Å². The van der Waals surface area contributed by atoms with Crippen LogP contribution in [-0.2, 0) is 17.9 Å². The van der Waals surface area contributed by atoms with E-state index < -0.39 is 0 Å². The minimum absolute atomic E-state index is 0.103. The molecular formula is C22H30N6O. The van der Waals surface area contributed by atoms with E-state index in [1.807, 2.05) is 48.5 Å². The number of nitrogens with one attached hydrogen (secondary N) is 2. The maximum atomic E-state index is 12.6. The van der Waals surface area contributed by atoms with Gasteiger partial charge in [0.1, 0.15) is 5.82 Å². The summed E-state index contributed by atoms with van der Waals surface area (Å²) in [4.78, 5) is 14.7. The number of nitrogens with zero attached hydrogens (tertiary/aromatic N) is 1. The highest BCUT2D eigenvalue weighted by molar-refractivity contribution is 5.88. The second-order valence-corrected chi connectivity index (χ2v) is 7.39. The van der Waals surface area contributed by atoms with Crippen molar-refractivity contribution < 1.29 is 4.79 Å². The largest absolute Gasteiger partial charge is 0.399 e. The normalized spacial score (nSPS) is 17.1. The smallest absolute Gasteiger partial charge is 0.247 e. The first-order valence-electron chi connectivity index (χ1n) is 9.93. The van der Waals surface area contributed by atoms with Gasteiger partial charge in [0.2, 0.25) is 5.91 Å². The van der Waals surface area contributed by atoms with Crippen molar-refractivity contribution in [2.75, 3.05) is 24.6 Å². The summed E-state index contributed by atoms with van der Waals surface area (Å²) in [7, 11) is 0. The SMILES string of the molecule is Nc1cccc(CNC(=O)/C=C(\NCc2ccccc2N)N2CCC[C@@H](N)C2)c1. The van der Waals surface area contributed by atoms with Crippen molar-refractivity contribution in [3.63, 3.8) is 0 Å². The number of amides is 1. The maximum Gasteiger partial charge on any atom is 0.247 e. The quantitative estimate of drug-likeness (QED) is 0.358. The predicted octanol–water partition coefficient (Wildman–Crippen LogP) is 1.52. The van der Waals surface area contributed by atoms with Gasteiger partial charge in [-0.1, -0.05) is 30.3 Å². The zero-order chi connectivity index (χ0) is 20.6. The molecule has 1 atom stereocenters. The van der Waals surface area contributed by atoms with Crippen molar-refractivity contribution in [2.45, 2.75) is 32.0 Å². The number of carbonyl (C=O) groups excluding carboxylic acids is 1. The number of hydrogen-bond donors (Lipinski definition) is 5. The van der Waals surface area contributed by atoms with Crippen LogP contribution in [0.4, 0.5) is 11.4 Å². The predicted molar refractivity (Wildman–Crippen MR) is 117 cm³/mol. The van der Waals surface area contributed by atoms with Crippen molar-refractivity contribution >= 4 is 17.3 Å². The highest BCUT2D eigenvalue weighted by Crippen LogP contribution is 2.15. The molecule has 1 amide bonds. The Morgan fingerprint density at radius 1 is 1.10 bits per heavy atom. The topological polar surface area (TPSA) is 122 Å². The molecule has 0 saturated carbocycles. The van der Waals surface area contributed by atoms with Gasteiger partial charge in [-0.25, -0.2) is 0 Å². The Labute approximate surface area is 171 Å². The summed E-state index contributed by atoms with van der Waals surface area (Å²) in [5.41, 5.74) is 21.3. The number of rotatable bonds is 7. The molecule has 0 bridgehead atoms. The van der Waals surface area contributed by atoms with E-state index in [-0.39, 0.29) is 11.9 Å². The Bertz CT molecular complexity index is 866. The average molecular weight is 395 g/mol. The van der Waals surface area contributed by atoms with Crippen LogP contribution < -0.4 is 27.8 Å². The molecule has 1 aliphatic rings. The first-order chi connectivity index (χ1) is 14.0. The molecule has 1 aliphatic heterocycles. The minimum atomic E-state index is -0.171. The number of carbonyl (C=O) groups is 1. The van der Waals surface area contributed by atoms with Crippen LogP contribution >= 0.6 is 0 Å². The van der Waals surface area contributed by atoms with Crippen molar-refractivity contribution in [3.8, 4) is 0 Å². The Morgan fingerprint density at radius 2 is 1.93 bits per heavy atom. The van der Waals surface area contributed by atoms with Crippen LogP contribution in [0.3, 0.4) is 0 Å². The summed E-state index contributed by atoms with van der Waals surface area (Å²) < 4.78 is 0. The van der Waals surface area contributed by atoms with Gasteiger partial charge in [0.15, 0.2) is 0 Å². The molecule has 3 rings (SSSR count). The minimum Gasteiger partial charge on any atom is -0.399 e. The fourth-order valence-corrected chi connectivity index (χ4v) is 3.43. The standard InChI is InChI=1S/C22H30N6O/c23-18-7-3-5-16(11-18)13-27-22(29)12-21(28-10-4-8-19(24)15-28)26-14-17-6-1-2-9-20(17)25/h1-3,5-7,9,11-12,19,26H,4,8,10,13-15,23-25H2,(H,27,29)/b21-12+/t19-/m1/s1. The molecule has 1 heterocycles. The van der Waals surface area contributed by atoms with Gasteiger partial charge in [0, 0.05) is 49.7 Å². The lowest BCUT2D eigenvalue weighted by Crippen LogP contribution is -2.45. The van der Waals surface area contributed by atoms with Gasteiger partial charge in [0.25, 0.3) is 0 Å². The third kappa shape index (κ3) is 6.15. The lowest BCUT2D eigenvalue weighted by Gasteiger charge is -2.34. The molecule has 2 aromatic rings. The van der Waals surface area contributed by atoms with E-state index in [2.05, 4.69) is 15.5 Å². The number of anilines is 2. The number of hydrogen-bond acceptors (Lipinski definition) is 6. The highest BCUT2D eigenvalue weighted by Gasteiger charge is 2.19. The second kappa shape index (κ2) is 9.84. The third-order valence-electron chi connectivity index (χ3n) is 5.00. The van der Waals surface area contributed by atoms with Crippen molar-refractivity contribution in [1.29, 1.82) is 0 Å². The first-order valence-corrected chi connectivity index (χ1v) is 9.93. The second-order valence-electron chi connectivity index (χ2n) is 7.39. The van der Waals surface area contributed by atoms with Gasteiger partial charge >= 0.3 is 0 Å². The molecule has 1 fully saturated rings. The fraction of sp³-hybridized carbons (Fsp3) is 0.318. The van der Waals surface area contributed by atoms with E-state index in [4.69, 9.17) is 17.2 Å². The van der Waals surface area contributed by atoms with Crippen molar-refractivity contribution in [2.24, 2.45) is 5.73 Å². The number of nitrogen functional groups attached to an aromatic ring is 2. The summed E-state index contributed by atoms with van der Waals surface area (Å²) in [5.74, 6) is 0.587. The number of nitrogens with two attached hydrogens (primary N) is 3. The summed E-state index contributed by atoms with van der Waals surface area (Å²) in [6.45, 7) is 2.52. The summed E-state index contributed by atoms with van der Waals surface area (Å²) in [5, 5.41) is 6.30. The maximum absolute atomic E-state index is 12.6. The highest BCUT2D eigenvalue weighted by atomic mass is 16.1. The molecule has 7 heteroatoms. The van der Waals surface area contributed by atoms with Gasteiger partial charge in [-0.05, 0) is 42.2 Å². The zero-order valence-electron chi connectivity index (χ0n) is 16.6. The summed E-state index contributed by atoms with van der Waals surface area (Å²) in [6, 6.07) is 15.3. The van der Waals surface area contributed by atoms with Crippen LogP contribution in [0.5, 0.6) is 0 Å². The van der Waals surface area contributed by atoms with Crippen LogP contribution in [0.1, 0.15) is 24.0 Å². The molecule has 154 valence electrons. The van der Waals surface area contributed by atoms with Gasteiger partial charge in [0.05, 0.1) is 0 Å². The molecular weight excluding hydrogens is 364 g/mol. The zero-order valence-corrected chi connectivity index (χ0v) is 16.6. The van der Waals surface area contributed by atoms with Gasteiger partial charge in [-0.3, -0.25) is 4.79 Å². The lowest BCUT2D eigenvalue weighted by atomic mass is 10.1. The molecule has 0 aromatic heterocycles. The van der Waals surface area contributed by atoms with Gasteiger partial charge < -0.3 is 32.7 Å².